The zero-order valence-electron chi connectivity index (χ0n) is 10.3. The summed E-state index contributed by atoms with van der Waals surface area (Å²) < 4.78 is 0. The smallest absolute Gasteiger partial charge is 0.269 e. The Balaban J connectivity index is 2.58. The van der Waals surface area contributed by atoms with Crippen LogP contribution in [0.4, 0.5) is 11.4 Å². The molecular formula is C14H14N2O2. The molecule has 0 atom stereocenters. The van der Waals surface area contributed by atoms with Crippen LogP contribution >= 0.6 is 0 Å². The summed E-state index contributed by atoms with van der Waals surface area (Å²) in [5.41, 5.74) is 10.5. The van der Waals surface area contributed by atoms with Gasteiger partial charge in [0.1, 0.15) is 0 Å². The van der Waals surface area contributed by atoms with Crippen LogP contribution in [0.5, 0.6) is 0 Å². The fourth-order valence-electron chi connectivity index (χ4n) is 1.99. The maximum atomic E-state index is 10.7. The van der Waals surface area contributed by atoms with E-state index < -0.39 is 0 Å². The van der Waals surface area contributed by atoms with Crippen LogP contribution in [0.15, 0.2) is 36.4 Å². The Bertz CT molecular complexity index is 621. The molecule has 2 rings (SSSR count). The topological polar surface area (TPSA) is 69.2 Å². The normalized spacial score (nSPS) is 10.3. The van der Waals surface area contributed by atoms with E-state index >= 15 is 0 Å². The number of nitrogens with zero attached hydrogens (tertiary/aromatic N) is 1. The van der Waals surface area contributed by atoms with Crippen molar-refractivity contribution < 1.29 is 4.92 Å². The SMILES string of the molecule is Cc1cc([N+](=O)[O-])ccc1-c1cc(N)ccc1C. The van der Waals surface area contributed by atoms with Crippen LogP contribution in [0.3, 0.4) is 0 Å². The van der Waals surface area contributed by atoms with E-state index in [9.17, 15) is 10.1 Å². The van der Waals surface area contributed by atoms with Gasteiger partial charge >= 0.3 is 0 Å². The highest BCUT2D eigenvalue weighted by Gasteiger charge is 2.10. The largest absolute Gasteiger partial charge is 0.399 e. The van der Waals surface area contributed by atoms with Crippen molar-refractivity contribution >= 4 is 11.4 Å². The van der Waals surface area contributed by atoms with Crippen LogP contribution in [-0.2, 0) is 0 Å². The molecule has 92 valence electrons. The lowest BCUT2D eigenvalue weighted by atomic mass is 9.96. The maximum Gasteiger partial charge on any atom is 0.269 e. The van der Waals surface area contributed by atoms with Crippen molar-refractivity contribution in [1.29, 1.82) is 0 Å². The summed E-state index contributed by atoms with van der Waals surface area (Å²) >= 11 is 0. The summed E-state index contributed by atoms with van der Waals surface area (Å²) in [6.45, 7) is 3.86. The minimum atomic E-state index is -0.386. The number of hydrogen-bond donors (Lipinski definition) is 1. The second-order valence-electron chi connectivity index (χ2n) is 4.33. The quantitative estimate of drug-likeness (QED) is 0.498. The van der Waals surface area contributed by atoms with Gasteiger partial charge in [-0.05, 0) is 54.3 Å². The van der Waals surface area contributed by atoms with Gasteiger partial charge < -0.3 is 5.73 Å². The van der Waals surface area contributed by atoms with E-state index in [-0.39, 0.29) is 10.6 Å². The highest BCUT2D eigenvalue weighted by Crippen LogP contribution is 2.30. The number of anilines is 1. The lowest BCUT2D eigenvalue weighted by Crippen LogP contribution is -1.93. The molecule has 0 aliphatic heterocycles. The molecule has 0 saturated heterocycles. The maximum absolute atomic E-state index is 10.7. The number of nitro benzene ring substituents is 1. The third kappa shape index (κ3) is 2.18. The van der Waals surface area contributed by atoms with Gasteiger partial charge in [-0.15, -0.1) is 0 Å². The zero-order valence-corrected chi connectivity index (χ0v) is 10.3. The van der Waals surface area contributed by atoms with E-state index in [2.05, 4.69) is 0 Å². The Hall–Kier alpha value is -2.36. The fourth-order valence-corrected chi connectivity index (χ4v) is 1.99. The van der Waals surface area contributed by atoms with Gasteiger partial charge in [-0.2, -0.15) is 0 Å². The van der Waals surface area contributed by atoms with Gasteiger partial charge in [-0.1, -0.05) is 6.07 Å². The lowest BCUT2D eigenvalue weighted by molar-refractivity contribution is -0.384. The predicted octanol–water partition coefficient (Wildman–Crippen LogP) is 3.46. The van der Waals surface area contributed by atoms with E-state index in [1.54, 1.807) is 12.1 Å². The van der Waals surface area contributed by atoms with Crippen molar-refractivity contribution in [1.82, 2.24) is 0 Å². The number of nitrogens with two attached hydrogens (primary N) is 1. The number of nitro groups is 1. The molecule has 0 saturated carbocycles. The molecule has 0 spiro atoms. The van der Waals surface area contributed by atoms with Gasteiger partial charge in [-0.3, -0.25) is 10.1 Å². The van der Waals surface area contributed by atoms with Gasteiger partial charge in [0.25, 0.3) is 5.69 Å². The first kappa shape index (κ1) is 12.1. The van der Waals surface area contributed by atoms with Crippen molar-refractivity contribution in [2.45, 2.75) is 13.8 Å². The number of aryl methyl sites for hydroxylation is 2. The molecule has 0 radical (unpaired) electrons. The second kappa shape index (κ2) is 4.49. The standard InChI is InChI=1S/C14H14N2O2/c1-9-3-4-11(15)8-14(9)13-6-5-12(16(17)18)7-10(13)2/h3-8H,15H2,1-2H3. The Morgan fingerprint density at radius 3 is 2.33 bits per heavy atom. The molecule has 0 unspecified atom stereocenters. The van der Waals surface area contributed by atoms with Crippen molar-refractivity contribution in [3.05, 3.63) is 57.6 Å². The first-order chi connectivity index (χ1) is 8.49. The number of benzene rings is 2. The molecular weight excluding hydrogens is 228 g/mol. The number of nitrogen functional groups attached to an aromatic ring is 1. The summed E-state index contributed by atoms with van der Waals surface area (Å²) in [6, 6.07) is 10.6. The monoisotopic (exact) mass is 242 g/mol. The highest BCUT2D eigenvalue weighted by atomic mass is 16.6. The Morgan fingerprint density at radius 2 is 1.72 bits per heavy atom. The molecule has 0 amide bonds. The van der Waals surface area contributed by atoms with Gasteiger partial charge in [-0.25, -0.2) is 0 Å². The summed E-state index contributed by atoms with van der Waals surface area (Å²) in [4.78, 5) is 10.3. The first-order valence-electron chi connectivity index (χ1n) is 5.60. The molecule has 0 fully saturated rings. The van der Waals surface area contributed by atoms with Crippen molar-refractivity contribution in [2.75, 3.05) is 5.73 Å². The number of rotatable bonds is 2. The summed E-state index contributed by atoms with van der Waals surface area (Å²) in [5.74, 6) is 0. The second-order valence-corrected chi connectivity index (χ2v) is 4.33. The summed E-state index contributed by atoms with van der Waals surface area (Å²) in [7, 11) is 0. The molecule has 2 aromatic carbocycles. The van der Waals surface area contributed by atoms with Crippen LogP contribution in [0, 0.1) is 24.0 Å². The van der Waals surface area contributed by atoms with Crippen LogP contribution in [-0.4, -0.2) is 4.92 Å². The van der Waals surface area contributed by atoms with Crippen molar-refractivity contribution in [3.8, 4) is 11.1 Å². The Labute approximate surface area is 105 Å². The fraction of sp³-hybridized carbons (Fsp3) is 0.143. The molecule has 18 heavy (non-hydrogen) atoms. The van der Waals surface area contributed by atoms with Crippen molar-refractivity contribution in [3.63, 3.8) is 0 Å². The molecule has 4 nitrogen and oxygen atoms in total. The summed E-state index contributed by atoms with van der Waals surface area (Å²) in [6.07, 6.45) is 0. The van der Waals surface area contributed by atoms with Gasteiger partial charge in [0.15, 0.2) is 0 Å². The van der Waals surface area contributed by atoms with Crippen molar-refractivity contribution in [2.24, 2.45) is 0 Å². The minimum Gasteiger partial charge on any atom is -0.399 e. The van der Waals surface area contributed by atoms with E-state index in [4.69, 9.17) is 5.73 Å². The molecule has 2 aromatic rings. The number of non-ortho nitro benzene ring substituents is 1. The molecule has 0 aromatic heterocycles. The average molecular weight is 242 g/mol. The first-order valence-corrected chi connectivity index (χ1v) is 5.60. The molecule has 0 heterocycles. The number of hydrogen-bond acceptors (Lipinski definition) is 3. The lowest BCUT2D eigenvalue weighted by Gasteiger charge is -2.10. The molecule has 0 bridgehead atoms. The van der Waals surface area contributed by atoms with E-state index in [1.165, 1.54) is 6.07 Å². The minimum absolute atomic E-state index is 0.109. The van der Waals surface area contributed by atoms with Gasteiger partial charge in [0, 0.05) is 17.8 Å². The molecule has 2 N–H and O–H groups in total. The van der Waals surface area contributed by atoms with Crippen LogP contribution in [0.1, 0.15) is 11.1 Å². The molecule has 0 aliphatic carbocycles. The van der Waals surface area contributed by atoms with Crippen LogP contribution < -0.4 is 5.73 Å². The zero-order chi connectivity index (χ0) is 13.3. The van der Waals surface area contributed by atoms with E-state index in [0.29, 0.717) is 5.69 Å². The Kier molecular flexibility index (Phi) is 3.02. The van der Waals surface area contributed by atoms with E-state index in [1.807, 2.05) is 32.0 Å². The van der Waals surface area contributed by atoms with Gasteiger partial charge in [0.05, 0.1) is 4.92 Å². The predicted molar refractivity (Wildman–Crippen MR) is 72.4 cm³/mol. The summed E-state index contributed by atoms with van der Waals surface area (Å²) in [5, 5.41) is 10.7. The molecule has 4 heteroatoms. The Morgan fingerprint density at radius 1 is 1.00 bits per heavy atom. The van der Waals surface area contributed by atoms with Gasteiger partial charge in [0.2, 0.25) is 0 Å². The van der Waals surface area contributed by atoms with E-state index in [0.717, 1.165) is 22.3 Å². The third-order valence-electron chi connectivity index (χ3n) is 2.97. The molecule has 0 aliphatic rings. The van der Waals surface area contributed by atoms with Crippen LogP contribution in [0.25, 0.3) is 11.1 Å². The third-order valence-corrected chi connectivity index (χ3v) is 2.97. The average Bonchev–Trinajstić information content (AvgIpc) is 2.32. The highest BCUT2D eigenvalue weighted by molar-refractivity contribution is 5.74. The van der Waals surface area contributed by atoms with Crippen LogP contribution in [0.2, 0.25) is 0 Å².